The number of aryl methyl sites for hydroxylation is 1. The SMILES string of the molecule is CCCn1ncnc1CC(NC)c1cc(F)c(Cl)cc1F. The van der Waals surface area contributed by atoms with Crippen LogP contribution in [0.3, 0.4) is 0 Å². The van der Waals surface area contributed by atoms with Crippen LogP contribution in [0.25, 0.3) is 0 Å². The van der Waals surface area contributed by atoms with Gasteiger partial charge in [0, 0.05) is 24.6 Å². The standard InChI is InChI=1S/C14H17ClF2N4/c1-3-4-21-14(19-8-20-21)7-13(18-2)9-5-12(17)10(15)6-11(9)16/h5-6,8,13,18H,3-4,7H2,1-2H3. The molecule has 21 heavy (non-hydrogen) atoms. The van der Waals surface area contributed by atoms with Gasteiger partial charge in [0.15, 0.2) is 0 Å². The van der Waals surface area contributed by atoms with Crippen LogP contribution in [0.4, 0.5) is 8.78 Å². The van der Waals surface area contributed by atoms with Crippen LogP contribution in [0, 0.1) is 11.6 Å². The van der Waals surface area contributed by atoms with Gasteiger partial charge in [-0.25, -0.2) is 13.8 Å². The summed E-state index contributed by atoms with van der Waals surface area (Å²) in [4.78, 5) is 4.19. The molecule has 1 aromatic carbocycles. The van der Waals surface area contributed by atoms with Gasteiger partial charge in [-0.3, -0.25) is 4.68 Å². The van der Waals surface area contributed by atoms with Crippen molar-refractivity contribution >= 4 is 11.6 Å². The third-order valence-electron chi connectivity index (χ3n) is 3.28. The molecule has 0 aliphatic carbocycles. The zero-order valence-corrected chi connectivity index (χ0v) is 12.7. The van der Waals surface area contributed by atoms with Crippen molar-refractivity contribution in [3.63, 3.8) is 0 Å². The van der Waals surface area contributed by atoms with Gasteiger partial charge in [0.05, 0.1) is 5.02 Å². The normalized spacial score (nSPS) is 12.6. The van der Waals surface area contributed by atoms with Gasteiger partial charge in [0.2, 0.25) is 0 Å². The molecule has 1 N–H and O–H groups in total. The molecule has 0 spiro atoms. The van der Waals surface area contributed by atoms with Crippen molar-refractivity contribution in [2.45, 2.75) is 32.4 Å². The summed E-state index contributed by atoms with van der Waals surface area (Å²) in [5.74, 6) is -0.448. The van der Waals surface area contributed by atoms with Crippen LogP contribution in [-0.2, 0) is 13.0 Å². The lowest BCUT2D eigenvalue weighted by Gasteiger charge is -2.18. The van der Waals surface area contributed by atoms with Gasteiger partial charge < -0.3 is 5.32 Å². The molecule has 0 radical (unpaired) electrons. The highest BCUT2D eigenvalue weighted by Crippen LogP contribution is 2.25. The lowest BCUT2D eigenvalue weighted by molar-refractivity contribution is 0.491. The van der Waals surface area contributed by atoms with Crippen molar-refractivity contribution in [2.75, 3.05) is 7.05 Å². The van der Waals surface area contributed by atoms with Crippen LogP contribution in [0.5, 0.6) is 0 Å². The third-order valence-corrected chi connectivity index (χ3v) is 3.57. The van der Waals surface area contributed by atoms with E-state index in [2.05, 4.69) is 15.4 Å². The first kappa shape index (κ1) is 15.9. The largest absolute Gasteiger partial charge is 0.313 e. The van der Waals surface area contributed by atoms with Gasteiger partial charge in [-0.1, -0.05) is 18.5 Å². The van der Waals surface area contributed by atoms with E-state index in [0.717, 1.165) is 30.9 Å². The first-order valence-electron chi connectivity index (χ1n) is 6.75. The Bertz CT molecular complexity index is 615. The molecule has 0 fully saturated rings. The molecular weight excluding hydrogens is 298 g/mol. The molecule has 1 aromatic heterocycles. The molecule has 1 heterocycles. The number of halogens is 3. The number of nitrogens with one attached hydrogen (secondary N) is 1. The molecule has 4 nitrogen and oxygen atoms in total. The molecule has 7 heteroatoms. The maximum absolute atomic E-state index is 14.0. The smallest absolute Gasteiger partial charge is 0.142 e. The molecule has 0 aliphatic rings. The number of benzene rings is 1. The maximum Gasteiger partial charge on any atom is 0.142 e. The average molecular weight is 315 g/mol. The molecule has 2 rings (SSSR count). The molecule has 2 aromatic rings. The minimum absolute atomic E-state index is 0.222. The molecule has 114 valence electrons. The Hall–Kier alpha value is -1.53. The first-order valence-corrected chi connectivity index (χ1v) is 7.13. The predicted octanol–water partition coefficient (Wildman–Crippen LogP) is 3.12. The van der Waals surface area contributed by atoms with Crippen LogP contribution < -0.4 is 5.32 Å². The first-order chi connectivity index (χ1) is 10.1. The lowest BCUT2D eigenvalue weighted by atomic mass is 10.0. The monoisotopic (exact) mass is 314 g/mol. The van der Waals surface area contributed by atoms with E-state index in [1.807, 2.05) is 6.92 Å². The maximum atomic E-state index is 14.0. The van der Waals surface area contributed by atoms with Gasteiger partial charge in [-0.15, -0.1) is 0 Å². The van der Waals surface area contributed by atoms with E-state index in [1.165, 1.54) is 6.33 Å². The van der Waals surface area contributed by atoms with Crippen LogP contribution in [0.1, 0.15) is 30.8 Å². The molecule has 0 amide bonds. The van der Waals surface area contributed by atoms with E-state index >= 15 is 0 Å². The summed E-state index contributed by atoms with van der Waals surface area (Å²) in [6, 6.07) is 1.71. The summed E-state index contributed by atoms with van der Waals surface area (Å²) >= 11 is 5.58. The van der Waals surface area contributed by atoms with Crippen LogP contribution in [0.2, 0.25) is 5.02 Å². The van der Waals surface area contributed by atoms with Crippen molar-refractivity contribution in [1.29, 1.82) is 0 Å². The van der Waals surface area contributed by atoms with Gasteiger partial charge in [0.1, 0.15) is 23.8 Å². The van der Waals surface area contributed by atoms with Crippen molar-refractivity contribution < 1.29 is 8.78 Å². The fraction of sp³-hybridized carbons (Fsp3) is 0.429. The Morgan fingerprint density at radius 1 is 1.33 bits per heavy atom. The van der Waals surface area contributed by atoms with Crippen LogP contribution in [-0.4, -0.2) is 21.8 Å². The van der Waals surface area contributed by atoms with E-state index in [0.29, 0.717) is 6.42 Å². The Labute approximate surface area is 127 Å². The number of hydrogen-bond acceptors (Lipinski definition) is 3. The fourth-order valence-corrected chi connectivity index (χ4v) is 2.35. The zero-order chi connectivity index (χ0) is 15.4. The topological polar surface area (TPSA) is 42.7 Å². The number of rotatable bonds is 6. The van der Waals surface area contributed by atoms with Gasteiger partial charge in [-0.05, 0) is 25.6 Å². The number of nitrogens with zero attached hydrogens (tertiary/aromatic N) is 3. The molecule has 0 saturated carbocycles. The third kappa shape index (κ3) is 3.57. The summed E-state index contributed by atoms with van der Waals surface area (Å²) in [5, 5.41) is 6.89. The second-order valence-electron chi connectivity index (χ2n) is 4.73. The van der Waals surface area contributed by atoms with Crippen molar-refractivity contribution in [1.82, 2.24) is 20.1 Å². The van der Waals surface area contributed by atoms with Crippen LogP contribution >= 0.6 is 11.6 Å². The summed E-state index contributed by atoms with van der Waals surface area (Å²) in [6.07, 6.45) is 2.80. The summed E-state index contributed by atoms with van der Waals surface area (Å²) in [6.45, 7) is 2.78. The minimum atomic E-state index is -0.636. The van der Waals surface area contributed by atoms with Crippen molar-refractivity contribution in [3.8, 4) is 0 Å². The lowest BCUT2D eigenvalue weighted by Crippen LogP contribution is -2.22. The van der Waals surface area contributed by atoms with Crippen LogP contribution in [0.15, 0.2) is 18.5 Å². The molecule has 1 atom stereocenters. The number of likely N-dealkylation sites (N-methyl/N-ethyl adjacent to an activating group) is 1. The van der Waals surface area contributed by atoms with Crippen molar-refractivity contribution in [3.05, 3.63) is 46.5 Å². The second-order valence-corrected chi connectivity index (χ2v) is 5.14. The van der Waals surface area contributed by atoms with E-state index in [-0.39, 0.29) is 10.6 Å². The fourth-order valence-electron chi connectivity index (χ4n) is 2.20. The Morgan fingerprint density at radius 2 is 2.10 bits per heavy atom. The number of aromatic nitrogens is 3. The van der Waals surface area contributed by atoms with Gasteiger partial charge in [0.25, 0.3) is 0 Å². The van der Waals surface area contributed by atoms with Gasteiger partial charge in [-0.2, -0.15) is 5.10 Å². The second kappa shape index (κ2) is 6.95. The molecule has 0 aliphatic heterocycles. The Kier molecular flexibility index (Phi) is 5.25. The molecule has 1 unspecified atom stereocenters. The number of hydrogen-bond donors (Lipinski definition) is 1. The molecule has 0 saturated heterocycles. The highest BCUT2D eigenvalue weighted by molar-refractivity contribution is 6.30. The summed E-state index contributed by atoms with van der Waals surface area (Å²) < 4.78 is 29.4. The van der Waals surface area contributed by atoms with E-state index in [4.69, 9.17) is 11.6 Å². The highest BCUT2D eigenvalue weighted by Gasteiger charge is 2.19. The predicted molar refractivity (Wildman–Crippen MR) is 77.2 cm³/mol. The van der Waals surface area contributed by atoms with Crippen molar-refractivity contribution in [2.24, 2.45) is 0 Å². The van der Waals surface area contributed by atoms with Gasteiger partial charge >= 0.3 is 0 Å². The van der Waals surface area contributed by atoms with E-state index < -0.39 is 17.7 Å². The van der Waals surface area contributed by atoms with E-state index in [9.17, 15) is 8.78 Å². The quantitative estimate of drug-likeness (QED) is 0.833. The Balaban J connectivity index is 2.28. The van der Waals surface area contributed by atoms with E-state index in [1.54, 1.807) is 11.7 Å². The molecular formula is C14H17ClF2N4. The molecule has 0 bridgehead atoms. The summed E-state index contributed by atoms with van der Waals surface area (Å²) in [7, 11) is 1.69. The highest BCUT2D eigenvalue weighted by atomic mass is 35.5. The Morgan fingerprint density at radius 3 is 2.76 bits per heavy atom. The minimum Gasteiger partial charge on any atom is -0.313 e. The zero-order valence-electron chi connectivity index (χ0n) is 11.9. The summed E-state index contributed by atoms with van der Waals surface area (Å²) in [5.41, 5.74) is 0.227. The average Bonchev–Trinajstić information content (AvgIpc) is 2.88.